The van der Waals surface area contributed by atoms with Gasteiger partial charge >= 0.3 is 6.18 Å². The van der Waals surface area contributed by atoms with Crippen molar-refractivity contribution < 1.29 is 31.5 Å². The number of amides is 2. The number of carbonyl (C=O) groups excluding carboxylic acids is 2. The van der Waals surface area contributed by atoms with Crippen LogP contribution in [0.4, 0.5) is 33.3 Å². The van der Waals surface area contributed by atoms with Crippen molar-refractivity contribution in [1.82, 2.24) is 0 Å². The Labute approximate surface area is 150 Å². The number of nitrogens with one attached hydrogen (secondary N) is 1. The van der Waals surface area contributed by atoms with Crippen molar-refractivity contribution in [2.24, 2.45) is 5.92 Å². The molecular formula is C18H13F5N2O2. The molecule has 1 atom stereocenters. The number of nitrogens with zero attached hydrogens (tertiary/aromatic N) is 1. The molecule has 1 aliphatic rings. The van der Waals surface area contributed by atoms with Crippen molar-refractivity contribution in [3.63, 3.8) is 0 Å². The first-order valence-corrected chi connectivity index (χ1v) is 7.88. The van der Waals surface area contributed by atoms with Gasteiger partial charge in [-0.1, -0.05) is 6.07 Å². The second kappa shape index (κ2) is 6.98. The zero-order valence-electron chi connectivity index (χ0n) is 13.7. The van der Waals surface area contributed by atoms with E-state index in [1.54, 1.807) is 0 Å². The minimum absolute atomic E-state index is 0.0175. The van der Waals surface area contributed by atoms with Crippen molar-refractivity contribution in [1.29, 1.82) is 0 Å². The molecule has 0 radical (unpaired) electrons. The zero-order chi connectivity index (χ0) is 19.8. The number of rotatable bonds is 3. The number of hydrogen-bond donors (Lipinski definition) is 1. The van der Waals surface area contributed by atoms with E-state index in [9.17, 15) is 31.5 Å². The second-order valence-electron chi connectivity index (χ2n) is 6.07. The van der Waals surface area contributed by atoms with Crippen molar-refractivity contribution in [3.8, 4) is 0 Å². The Hall–Kier alpha value is -2.97. The van der Waals surface area contributed by atoms with Crippen LogP contribution in [0.2, 0.25) is 0 Å². The fourth-order valence-electron chi connectivity index (χ4n) is 2.80. The fraction of sp³-hybridized carbons (Fsp3) is 0.222. The molecular weight excluding hydrogens is 371 g/mol. The number of carbonyl (C=O) groups is 2. The normalized spacial score (nSPS) is 17.3. The summed E-state index contributed by atoms with van der Waals surface area (Å²) in [6.07, 6.45) is -4.76. The van der Waals surface area contributed by atoms with Gasteiger partial charge in [0.15, 0.2) is 11.6 Å². The summed E-state index contributed by atoms with van der Waals surface area (Å²) in [6, 6.07) is 7.07. The molecule has 0 saturated carbocycles. The molecule has 9 heteroatoms. The number of benzene rings is 2. The highest BCUT2D eigenvalue weighted by molar-refractivity contribution is 6.03. The molecule has 2 aromatic carbocycles. The van der Waals surface area contributed by atoms with E-state index in [2.05, 4.69) is 5.32 Å². The van der Waals surface area contributed by atoms with Crippen molar-refractivity contribution in [2.45, 2.75) is 12.6 Å². The van der Waals surface area contributed by atoms with Gasteiger partial charge in [-0.2, -0.15) is 13.2 Å². The van der Waals surface area contributed by atoms with E-state index < -0.39 is 41.1 Å². The Morgan fingerprint density at radius 2 is 1.81 bits per heavy atom. The predicted octanol–water partition coefficient (Wildman–Crippen LogP) is 3.98. The maximum Gasteiger partial charge on any atom is 0.416 e. The topological polar surface area (TPSA) is 49.4 Å². The molecule has 1 fully saturated rings. The molecule has 2 amide bonds. The number of hydrogen-bond acceptors (Lipinski definition) is 2. The van der Waals surface area contributed by atoms with Crippen LogP contribution in [-0.4, -0.2) is 18.4 Å². The van der Waals surface area contributed by atoms with E-state index in [1.165, 1.54) is 12.1 Å². The van der Waals surface area contributed by atoms with Gasteiger partial charge in [0.25, 0.3) is 0 Å². The summed E-state index contributed by atoms with van der Waals surface area (Å²) in [5.74, 6) is -4.15. The number of halogens is 5. The third-order valence-corrected chi connectivity index (χ3v) is 4.17. The molecule has 1 aliphatic heterocycles. The lowest BCUT2D eigenvalue weighted by atomic mass is 10.1. The van der Waals surface area contributed by atoms with Gasteiger partial charge in [-0.15, -0.1) is 0 Å². The average Bonchev–Trinajstić information content (AvgIpc) is 2.99. The van der Waals surface area contributed by atoms with Crippen LogP contribution in [-0.2, 0) is 15.8 Å². The van der Waals surface area contributed by atoms with Gasteiger partial charge in [0, 0.05) is 30.4 Å². The molecule has 1 heterocycles. The van der Waals surface area contributed by atoms with Gasteiger partial charge in [-0.25, -0.2) is 8.78 Å². The first-order chi connectivity index (χ1) is 12.6. The summed E-state index contributed by atoms with van der Waals surface area (Å²) < 4.78 is 64.6. The molecule has 0 spiro atoms. The SMILES string of the molecule is O=C(Nc1ccc(F)c(F)c1)C1CC(=O)N(c2cccc(C(F)(F)F)c2)C1. The summed E-state index contributed by atoms with van der Waals surface area (Å²) in [7, 11) is 0. The summed E-state index contributed by atoms with van der Waals surface area (Å²) >= 11 is 0. The molecule has 142 valence electrons. The lowest BCUT2D eigenvalue weighted by Crippen LogP contribution is -2.28. The smallest absolute Gasteiger partial charge is 0.326 e. The number of anilines is 2. The van der Waals surface area contributed by atoms with E-state index in [-0.39, 0.29) is 24.3 Å². The van der Waals surface area contributed by atoms with Gasteiger partial charge in [0.2, 0.25) is 11.8 Å². The minimum Gasteiger partial charge on any atom is -0.326 e. The van der Waals surface area contributed by atoms with E-state index >= 15 is 0 Å². The monoisotopic (exact) mass is 384 g/mol. The molecule has 27 heavy (non-hydrogen) atoms. The van der Waals surface area contributed by atoms with Crippen molar-refractivity contribution in [3.05, 3.63) is 59.7 Å². The first kappa shape index (κ1) is 18.8. The molecule has 1 saturated heterocycles. The van der Waals surface area contributed by atoms with E-state index in [0.29, 0.717) is 0 Å². The van der Waals surface area contributed by atoms with Gasteiger partial charge in [-0.3, -0.25) is 9.59 Å². The Morgan fingerprint density at radius 3 is 2.48 bits per heavy atom. The van der Waals surface area contributed by atoms with Gasteiger partial charge in [0.1, 0.15) is 0 Å². The van der Waals surface area contributed by atoms with Crippen LogP contribution in [0.3, 0.4) is 0 Å². The van der Waals surface area contributed by atoms with Crippen LogP contribution in [0.5, 0.6) is 0 Å². The maximum atomic E-state index is 13.2. The Balaban J connectivity index is 1.73. The van der Waals surface area contributed by atoms with E-state index in [1.807, 2.05) is 0 Å². The highest BCUT2D eigenvalue weighted by atomic mass is 19.4. The summed E-state index contributed by atoms with van der Waals surface area (Å²) in [4.78, 5) is 25.5. The predicted molar refractivity (Wildman–Crippen MR) is 86.9 cm³/mol. The standard InChI is InChI=1S/C18H13F5N2O2/c19-14-5-4-12(8-15(14)20)24-17(27)10-6-16(26)25(9-10)13-3-1-2-11(7-13)18(21,22)23/h1-5,7-8,10H,6,9H2,(H,24,27). The molecule has 0 bridgehead atoms. The van der Waals surface area contributed by atoms with E-state index in [0.717, 1.165) is 35.2 Å². The fourth-order valence-corrected chi connectivity index (χ4v) is 2.80. The molecule has 3 rings (SSSR count). The van der Waals surface area contributed by atoms with Gasteiger partial charge in [0.05, 0.1) is 11.5 Å². The highest BCUT2D eigenvalue weighted by Gasteiger charge is 2.37. The minimum atomic E-state index is -4.55. The molecule has 4 nitrogen and oxygen atoms in total. The van der Waals surface area contributed by atoms with Crippen molar-refractivity contribution >= 4 is 23.2 Å². The third kappa shape index (κ3) is 4.07. The zero-order valence-corrected chi connectivity index (χ0v) is 13.7. The van der Waals surface area contributed by atoms with Crippen molar-refractivity contribution in [2.75, 3.05) is 16.8 Å². The third-order valence-electron chi connectivity index (χ3n) is 4.17. The second-order valence-corrected chi connectivity index (χ2v) is 6.07. The van der Waals surface area contributed by atoms with Crippen LogP contribution in [0.1, 0.15) is 12.0 Å². The molecule has 1 N–H and O–H groups in total. The van der Waals surface area contributed by atoms with Gasteiger partial charge in [-0.05, 0) is 30.3 Å². The molecule has 0 aromatic heterocycles. The molecule has 1 unspecified atom stereocenters. The van der Waals surface area contributed by atoms with Gasteiger partial charge < -0.3 is 10.2 Å². The van der Waals surface area contributed by atoms with E-state index in [4.69, 9.17) is 0 Å². The molecule has 0 aliphatic carbocycles. The molecule has 2 aromatic rings. The van der Waals surface area contributed by atoms with Crippen LogP contribution in [0.25, 0.3) is 0 Å². The quantitative estimate of drug-likeness (QED) is 0.814. The Kier molecular flexibility index (Phi) is 4.86. The van der Waals surface area contributed by atoms with Crippen LogP contribution >= 0.6 is 0 Å². The Bertz CT molecular complexity index is 898. The maximum absolute atomic E-state index is 13.2. The average molecular weight is 384 g/mol. The highest BCUT2D eigenvalue weighted by Crippen LogP contribution is 2.33. The summed E-state index contributed by atoms with van der Waals surface area (Å²) in [6.45, 7) is -0.115. The summed E-state index contributed by atoms with van der Waals surface area (Å²) in [5.41, 5.74) is -0.843. The lowest BCUT2D eigenvalue weighted by Gasteiger charge is -2.18. The van der Waals surface area contributed by atoms with Crippen LogP contribution in [0, 0.1) is 17.6 Å². The number of alkyl halides is 3. The van der Waals surface area contributed by atoms with Crippen LogP contribution in [0.15, 0.2) is 42.5 Å². The lowest BCUT2D eigenvalue weighted by molar-refractivity contribution is -0.137. The summed E-state index contributed by atoms with van der Waals surface area (Å²) in [5, 5.41) is 2.38. The Morgan fingerprint density at radius 1 is 1.07 bits per heavy atom. The largest absolute Gasteiger partial charge is 0.416 e. The van der Waals surface area contributed by atoms with Crippen LogP contribution < -0.4 is 10.2 Å². The first-order valence-electron chi connectivity index (χ1n) is 7.88.